The number of rotatable bonds is 2. The molecule has 1 fully saturated rings. The molecule has 0 bridgehead atoms. The van der Waals surface area contributed by atoms with Gasteiger partial charge in [-0.05, 0) is 75.9 Å². The standard InChI is InChI=1S/C22H37B3N2O2/c1-19(2)11-13(23)16(22(25,28)18(19)24)17-14(26)7-8-15(27-17)12-9-20(3,4)29-21(5,6)10-12/h7-8,12,18,28H,9-11,23-26H2,1-6H3. The minimum atomic E-state index is -0.972. The van der Waals surface area contributed by atoms with Gasteiger partial charge in [-0.15, -0.1) is 5.47 Å². The molecule has 1 aromatic rings. The minimum absolute atomic E-state index is 0.0260. The quantitative estimate of drug-likeness (QED) is 0.749. The molecule has 4 nitrogen and oxygen atoms in total. The third-order valence-corrected chi connectivity index (χ3v) is 7.30. The van der Waals surface area contributed by atoms with E-state index in [2.05, 4.69) is 63.3 Å². The number of nitrogen functional groups attached to an aromatic ring is 1. The van der Waals surface area contributed by atoms with E-state index in [9.17, 15) is 5.11 Å². The fraction of sp³-hybridized carbons (Fsp3) is 0.682. The Bertz CT molecular complexity index is 830. The van der Waals surface area contributed by atoms with Gasteiger partial charge < -0.3 is 15.6 Å². The summed E-state index contributed by atoms with van der Waals surface area (Å²) in [5.41, 5.74) is 9.63. The third kappa shape index (κ3) is 4.18. The molecule has 0 radical (unpaired) electrons. The molecule has 29 heavy (non-hydrogen) atoms. The molecule has 0 saturated carbocycles. The first kappa shape index (κ1) is 22.5. The molecule has 0 amide bonds. The zero-order valence-corrected chi connectivity index (χ0v) is 19.8. The molecule has 2 heterocycles. The summed E-state index contributed by atoms with van der Waals surface area (Å²) in [6.07, 6.45) is 2.78. The highest BCUT2D eigenvalue weighted by molar-refractivity contribution is 6.35. The minimum Gasteiger partial charge on any atom is -0.397 e. The van der Waals surface area contributed by atoms with Crippen LogP contribution in [0.15, 0.2) is 17.6 Å². The zero-order valence-electron chi connectivity index (χ0n) is 19.8. The molecule has 0 aromatic carbocycles. The summed E-state index contributed by atoms with van der Waals surface area (Å²) in [5.74, 6) is 0.399. The molecule has 2 unspecified atom stereocenters. The van der Waals surface area contributed by atoms with Crippen molar-refractivity contribution >= 4 is 34.8 Å². The monoisotopic (exact) mass is 394 g/mol. The predicted molar refractivity (Wildman–Crippen MR) is 130 cm³/mol. The molecule has 1 aliphatic heterocycles. The lowest BCUT2D eigenvalue weighted by Crippen LogP contribution is -2.47. The van der Waals surface area contributed by atoms with Crippen LogP contribution in [-0.4, -0.2) is 50.3 Å². The van der Waals surface area contributed by atoms with E-state index in [4.69, 9.17) is 15.5 Å². The largest absolute Gasteiger partial charge is 0.397 e. The average Bonchev–Trinajstić information content (AvgIpc) is 2.51. The smallest absolute Gasteiger partial charge is 0.148 e. The summed E-state index contributed by atoms with van der Waals surface area (Å²) in [5, 5.41) is 11.6. The van der Waals surface area contributed by atoms with Gasteiger partial charge >= 0.3 is 0 Å². The molecular formula is C22H37B3N2O2. The van der Waals surface area contributed by atoms with Crippen molar-refractivity contribution in [2.45, 2.75) is 89.2 Å². The van der Waals surface area contributed by atoms with E-state index in [0.717, 1.165) is 36.2 Å². The van der Waals surface area contributed by atoms with Gasteiger partial charge in [0.1, 0.15) is 23.5 Å². The highest BCUT2D eigenvalue weighted by Gasteiger charge is 2.47. The van der Waals surface area contributed by atoms with Crippen molar-refractivity contribution < 1.29 is 9.84 Å². The number of pyridine rings is 1. The molecule has 7 heteroatoms. The Labute approximate surface area is 179 Å². The van der Waals surface area contributed by atoms with E-state index in [1.54, 1.807) is 0 Å². The number of anilines is 1. The highest BCUT2D eigenvalue weighted by atomic mass is 16.5. The van der Waals surface area contributed by atoms with Crippen LogP contribution in [0, 0.1) is 5.41 Å². The fourth-order valence-corrected chi connectivity index (χ4v) is 5.99. The Morgan fingerprint density at radius 3 is 2.21 bits per heavy atom. The first-order valence-corrected chi connectivity index (χ1v) is 11.0. The number of hydrogen-bond donors (Lipinski definition) is 2. The van der Waals surface area contributed by atoms with Gasteiger partial charge in [0, 0.05) is 11.6 Å². The maximum atomic E-state index is 11.6. The topological polar surface area (TPSA) is 68.4 Å². The van der Waals surface area contributed by atoms with Crippen molar-refractivity contribution in [2.24, 2.45) is 5.41 Å². The summed E-state index contributed by atoms with van der Waals surface area (Å²) in [6.45, 7) is 13.1. The van der Waals surface area contributed by atoms with Gasteiger partial charge in [0.05, 0.1) is 28.1 Å². The van der Waals surface area contributed by atoms with E-state index in [1.165, 1.54) is 5.47 Å². The van der Waals surface area contributed by atoms with Crippen LogP contribution < -0.4 is 5.73 Å². The van der Waals surface area contributed by atoms with Crippen molar-refractivity contribution in [3.05, 3.63) is 29.0 Å². The predicted octanol–water partition coefficient (Wildman–Crippen LogP) is 1.63. The van der Waals surface area contributed by atoms with Crippen molar-refractivity contribution in [1.82, 2.24) is 4.98 Å². The number of ether oxygens (including phenoxy) is 1. The molecule has 1 aromatic heterocycles. The van der Waals surface area contributed by atoms with Crippen LogP contribution in [0.2, 0.25) is 5.82 Å². The zero-order chi connectivity index (χ0) is 22.0. The normalized spacial score (nSPS) is 31.6. The Balaban J connectivity index is 2.09. The van der Waals surface area contributed by atoms with E-state index < -0.39 is 5.50 Å². The Morgan fingerprint density at radius 2 is 1.66 bits per heavy atom. The van der Waals surface area contributed by atoms with Crippen molar-refractivity contribution in [3.63, 3.8) is 0 Å². The van der Waals surface area contributed by atoms with Gasteiger partial charge in [0.15, 0.2) is 0 Å². The molecule has 3 rings (SSSR count). The van der Waals surface area contributed by atoms with Gasteiger partial charge in [-0.1, -0.05) is 13.8 Å². The lowest BCUT2D eigenvalue weighted by molar-refractivity contribution is -0.162. The Hall–Kier alpha value is -1.20. The molecule has 156 valence electrons. The van der Waals surface area contributed by atoms with Crippen LogP contribution >= 0.6 is 0 Å². The van der Waals surface area contributed by atoms with Gasteiger partial charge in [0.25, 0.3) is 0 Å². The number of nitrogens with two attached hydrogens (primary N) is 1. The Kier molecular flexibility index (Phi) is 5.36. The summed E-state index contributed by atoms with van der Waals surface area (Å²) in [4.78, 5) is 5.08. The third-order valence-electron chi connectivity index (χ3n) is 7.30. The maximum Gasteiger partial charge on any atom is 0.148 e. The van der Waals surface area contributed by atoms with Crippen LogP contribution in [0.4, 0.5) is 5.69 Å². The first-order chi connectivity index (χ1) is 13.1. The van der Waals surface area contributed by atoms with Crippen LogP contribution in [0.3, 0.4) is 0 Å². The summed E-state index contributed by atoms with van der Waals surface area (Å²) in [6, 6.07) is 4.02. The number of aromatic nitrogens is 1. The molecule has 1 aliphatic carbocycles. The van der Waals surface area contributed by atoms with Crippen molar-refractivity contribution in [2.75, 3.05) is 5.73 Å². The van der Waals surface area contributed by atoms with Crippen LogP contribution in [-0.2, 0) is 4.74 Å². The number of hydrogen-bond acceptors (Lipinski definition) is 4. The molecular weight excluding hydrogens is 357 g/mol. The maximum absolute atomic E-state index is 11.6. The van der Waals surface area contributed by atoms with Crippen molar-refractivity contribution in [3.8, 4) is 0 Å². The van der Waals surface area contributed by atoms with Crippen molar-refractivity contribution in [1.29, 1.82) is 0 Å². The lowest BCUT2D eigenvalue weighted by Gasteiger charge is -2.49. The second-order valence-corrected chi connectivity index (χ2v) is 11.6. The Morgan fingerprint density at radius 1 is 1.10 bits per heavy atom. The second-order valence-electron chi connectivity index (χ2n) is 11.6. The summed E-state index contributed by atoms with van der Waals surface area (Å²) >= 11 is 0. The highest BCUT2D eigenvalue weighted by Crippen LogP contribution is 2.53. The number of aliphatic hydroxyl groups is 1. The van der Waals surface area contributed by atoms with Gasteiger partial charge in [-0.3, -0.25) is 4.98 Å². The van der Waals surface area contributed by atoms with E-state index in [-0.39, 0.29) is 22.4 Å². The lowest BCUT2D eigenvalue weighted by atomic mass is 9.44. The molecule has 0 spiro atoms. The molecule has 1 saturated heterocycles. The molecule has 2 aliphatic rings. The van der Waals surface area contributed by atoms with Gasteiger partial charge in [0.2, 0.25) is 0 Å². The fourth-order valence-electron chi connectivity index (χ4n) is 5.99. The first-order valence-electron chi connectivity index (χ1n) is 11.0. The van der Waals surface area contributed by atoms with E-state index in [1.807, 2.05) is 13.9 Å². The summed E-state index contributed by atoms with van der Waals surface area (Å²) in [7, 11) is 6.17. The molecule has 2 atom stereocenters. The van der Waals surface area contributed by atoms with Crippen LogP contribution in [0.1, 0.15) is 78.1 Å². The average molecular weight is 394 g/mol. The number of nitrogens with zero attached hydrogens (tertiary/aromatic N) is 1. The number of allylic oxidation sites excluding steroid dienone is 1. The SMILES string of the molecule is BC1=C(c2nc(C3CC(C)(C)OC(C)(C)C3)ccc2N)C(B)(O)C(B)C(C)(C)C1. The summed E-state index contributed by atoms with van der Waals surface area (Å²) < 4.78 is 6.27. The van der Waals surface area contributed by atoms with Gasteiger partial charge in [-0.2, -0.15) is 0 Å². The van der Waals surface area contributed by atoms with E-state index >= 15 is 0 Å². The van der Waals surface area contributed by atoms with Gasteiger partial charge in [-0.25, -0.2) is 0 Å². The van der Waals surface area contributed by atoms with Crippen LogP contribution in [0.25, 0.3) is 5.57 Å². The molecule has 3 N–H and O–H groups in total. The van der Waals surface area contributed by atoms with Crippen LogP contribution in [0.5, 0.6) is 0 Å². The second kappa shape index (κ2) is 6.92. The van der Waals surface area contributed by atoms with E-state index in [0.29, 0.717) is 11.6 Å².